The van der Waals surface area contributed by atoms with Gasteiger partial charge in [0.2, 0.25) is 0 Å². The molecule has 0 amide bonds. The molecule has 4 heteroatoms. The molecule has 1 heterocycles. The number of carboxylic acid groups (broad SMARTS) is 1. The van der Waals surface area contributed by atoms with Gasteiger partial charge in [-0.1, -0.05) is 6.07 Å². The zero-order valence-corrected chi connectivity index (χ0v) is 7.27. The van der Waals surface area contributed by atoms with E-state index >= 15 is 0 Å². The Morgan fingerprint density at radius 2 is 2.31 bits per heavy atom. The van der Waals surface area contributed by atoms with Gasteiger partial charge in [-0.05, 0) is 18.6 Å². The maximum atomic E-state index is 10.3. The molecule has 0 radical (unpaired) electrons. The van der Waals surface area contributed by atoms with Crippen molar-refractivity contribution in [2.45, 2.75) is 19.4 Å². The van der Waals surface area contributed by atoms with Crippen molar-refractivity contribution in [3.8, 4) is 0 Å². The standard InChI is InChI=1S/C9H11NO3/c1-6-2-3-7(5-10-6)8(11)4-9(12)13/h2-3,5,8,11H,4H2,1H3,(H,12,13)/t8-/m0/s1. The summed E-state index contributed by atoms with van der Waals surface area (Å²) < 4.78 is 0. The molecule has 0 aliphatic rings. The number of carbonyl (C=O) groups is 1. The summed E-state index contributed by atoms with van der Waals surface area (Å²) in [5.41, 5.74) is 1.37. The van der Waals surface area contributed by atoms with Gasteiger partial charge in [-0.25, -0.2) is 0 Å². The minimum atomic E-state index is -1.02. The molecule has 0 aliphatic carbocycles. The van der Waals surface area contributed by atoms with Crippen molar-refractivity contribution in [2.75, 3.05) is 0 Å². The predicted octanol–water partition coefficient (Wildman–Crippen LogP) is 0.898. The van der Waals surface area contributed by atoms with Crippen molar-refractivity contribution >= 4 is 5.97 Å². The highest BCUT2D eigenvalue weighted by atomic mass is 16.4. The van der Waals surface area contributed by atoms with Crippen LogP contribution in [0.3, 0.4) is 0 Å². The SMILES string of the molecule is Cc1ccc([C@@H](O)CC(=O)O)cn1. The molecule has 1 atom stereocenters. The first-order valence-electron chi connectivity index (χ1n) is 3.92. The molecule has 70 valence electrons. The van der Waals surface area contributed by atoms with E-state index < -0.39 is 12.1 Å². The summed E-state index contributed by atoms with van der Waals surface area (Å²) in [5, 5.41) is 17.8. The smallest absolute Gasteiger partial charge is 0.306 e. The van der Waals surface area contributed by atoms with Crippen LogP contribution in [0.25, 0.3) is 0 Å². The zero-order valence-electron chi connectivity index (χ0n) is 7.27. The van der Waals surface area contributed by atoms with Crippen LogP contribution >= 0.6 is 0 Å². The van der Waals surface area contributed by atoms with Gasteiger partial charge >= 0.3 is 5.97 Å². The highest BCUT2D eigenvalue weighted by Crippen LogP contribution is 2.15. The number of aliphatic hydroxyl groups is 1. The van der Waals surface area contributed by atoms with E-state index in [2.05, 4.69) is 4.98 Å². The second kappa shape index (κ2) is 4.00. The summed E-state index contributed by atoms with van der Waals surface area (Å²) >= 11 is 0. The fourth-order valence-corrected chi connectivity index (χ4v) is 0.960. The van der Waals surface area contributed by atoms with E-state index in [4.69, 9.17) is 5.11 Å². The molecular formula is C9H11NO3. The third-order valence-electron chi connectivity index (χ3n) is 1.69. The molecule has 0 spiro atoms. The van der Waals surface area contributed by atoms with Crippen LogP contribution in [-0.2, 0) is 4.79 Å². The third kappa shape index (κ3) is 2.83. The summed E-state index contributed by atoms with van der Waals surface area (Å²) in [6.45, 7) is 1.83. The molecule has 0 aromatic carbocycles. The minimum Gasteiger partial charge on any atom is -0.481 e. The van der Waals surface area contributed by atoms with Crippen molar-refractivity contribution in [1.82, 2.24) is 4.98 Å². The van der Waals surface area contributed by atoms with Crippen LogP contribution in [-0.4, -0.2) is 21.2 Å². The maximum Gasteiger partial charge on any atom is 0.306 e. The molecule has 0 fully saturated rings. The zero-order chi connectivity index (χ0) is 9.84. The van der Waals surface area contributed by atoms with Gasteiger partial charge in [0.25, 0.3) is 0 Å². The van der Waals surface area contributed by atoms with Gasteiger partial charge in [0.05, 0.1) is 12.5 Å². The molecule has 13 heavy (non-hydrogen) atoms. The van der Waals surface area contributed by atoms with Crippen molar-refractivity contribution in [3.05, 3.63) is 29.6 Å². The fourth-order valence-electron chi connectivity index (χ4n) is 0.960. The van der Waals surface area contributed by atoms with Gasteiger partial charge in [0.15, 0.2) is 0 Å². The second-order valence-electron chi connectivity index (χ2n) is 2.85. The Morgan fingerprint density at radius 3 is 2.77 bits per heavy atom. The highest BCUT2D eigenvalue weighted by Gasteiger charge is 2.11. The molecule has 1 rings (SSSR count). The number of carboxylic acids is 1. The summed E-state index contributed by atoms with van der Waals surface area (Å²) in [4.78, 5) is 14.2. The molecule has 0 bridgehead atoms. The van der Waals surface area contributed by atoms with E-state index in [9.17, 15) is 9.90 Å². The van der Waals surface area contributed by atoms with Gasteiger partial charge in [-0.2, -0.15) is 0 Å². The van der Waals surface area contributed by atoms with Crippen molar-refractivity contribution in [2.24, 2.45) is 0 Å². The number of aliphatic carboxylic acids is 1. The van der Waals surface area contributed by atoms with Gasteiger partial charge in [0.1, 0.15) is 0 Å². The van der Waals surface area contributed by atoms with E-state index in [0.29, 0.717) is 5.56 Å². The average Bonchev–Trinajstić information content (AvgIpc) is 2.04. The lowest BCUT2D eigenvalue weighted by molar-refractivity contribution is -0.139. The number of aliphatic hydroxyl groups excluding tert-OH is 1. The topological polar surface area (TPSA) is 70.4 Å². The summed E-state index contributed by atoms with van der Waals surface area (Å²) in [6.07, 6.45) is 0.235. The van der Waals surface area contributed by atoms with Crippen LogP contribution in [0.4, 0.5) is 0 Å². The predicted molar refractivity (Wildman–Crippen MR) is 46.2 cm³/mol. The number of aromatic nitrogens is 1. The summed E-state index contributed by atoms with van der Waals surface area (Å²) in [7, 11) is 0. The normalized spacial score (nSPS) is 12.5. The van der Waals surface area contributed by atoms with Crippen LogP contribution < -0.4 is 0 Å². The van der Waals surface area contributed by atoms with Gasteiger partial charge in [0, 0.05) is 11.9 Å². The quantitative estimate of drug-likeness (QED) is 0.726. The highest BCUT2D eigenvalue weighted by molar-refractivity contribution is 5.67. The Bertz CT molecular complexity index is 294. The minimum absolute atomic E-state index is 0.287. The largest absolute Gasteiger partial charge is 0.481 e. The Morgan fingerprint density at radius 1 is 1.62 bits per heavy atom. The molecule has 0 saturated carbocycles. The molecular weight excluding hydrogens is 170 g/mol. The monoisotopic (exact) mass is 181 g/mol. The van der Waals surface area contributed by atoms with Crippen LogP contribution in [0.2, 0.25) is 0 Å². The van der Waals surface area contributed by atoms with Crippen LogP contribution in [0, 0.1) is 6.92 Å². The van der Waals surface area contributed by atoms with E-state index in [-0.39, 0.29) is 6.42 Å². The first kappa shape index (κ1) is 9.67. The van der Waals surface area contributed by atoms with E-state index in [1.807, 2.05) is 6.92 Å². The maximum absolute atomic E-state index is 10.3. The van der Waals surface area contributed by atoms with Crippen LogP contribution in [0.15, 0.2) is 18.3 Å². The number of rotatable bonds is 3. The lowest BCUT2D eigenvalue weighted by Gasteiger charge is -2.07. The number of nitrogens with zero attached hydrogens (tertiary/aromatic N) is 1. The fraction of sp³-hybridized carbons (Fsp3) is 0.333. The van der Waals surface area contributed by atoms with Crippen molar-refractivity contribution < 1.29 is 15.0 Å². The van der Waals surface area contributed by atoms with Gasteiger partial charge < -0.3 is 10.2 Å². The number of hydrogen-bond donors (Lipinski definition) is 2. The Kier molecular flexibility index (Phi) is 2.97. The molecule has 2 N–H and O–H groups in total. The lowest BCUT2D eigenvalue weighted by Crippen LogP contribution is -2.05. The lowest BCUT2D eigenvalue weighted by atomic mass is 10.1. The van der Waals surface area contributed by atoms with E-state index in [0.717, 1.165) is 5.69 Å². The summed E-state index contributed by atoms with van der Waals surface area (Å²) in [5.74, 6) is -1.02. The number of hydrogen-bond acceptors (Lipinski definition) is 3. The number of pyridine rings is 1. The van der Waals surface area contributed by atoms with Gasteiger partial charge in [-0.3, -0.25) is 9.78 Å². The van der Waals surface area contributed by atoms with E-state index in [1.54, 1.807) is 12.1 Å². The molecule has 0 aliphatic heterocycles. The first-order chi connectivity index (χ1) is 6.09. The molecule has 1 aromatic rings. The Balaban J connectivity index is 2.71. The molecule has 0 saturated heterocycles. The van der Waals surface area contributed by atoms with Crippen LogP contribution in [0.1, 0.15) is 23.8 Å². The van der Waals surface area contributed by atoms with Gasteiger partial charge in [-0.15, -0.1) is 0 Å². The molecule has 4 nitrogen and oxygen atoms in total. The first-order valence-corrected chi connectivity index (χ1v) is 3.92. The average molecular weight is 181 g/mol. The Labute approximate surface area is 75.9 Å². The van der Waals surface area contributed by atoms with E-state index in [1.165, 1.54) is 6.20 Å². The second-order valence-corrected chi connectivity index (χ2v) is 2.85. The summed E-state index contributed by atoms with van der Waals surface area (Å²) in [6, 6.07) is 3.41. The Hall–Kier alpha value is -1.42. The van der Waals surface area contributed by atoms with Crippen molar-refractivity contribution in [3.63, 3.8) is 0 Å². The molecule has 0 unspecified atom stereocenters. The van der Waals surface area contributed by atoms with Crippen LogP contribution in [0.5, 0.6) is 0 Å². The van der Waals surface area contributed by atoms with Crippen molar-refractivity contribution in [1.29, 1.82) is 0 Å². The number of aryl methyl sites for hydroxylation is 1. The molecule has 1 aromatic heterocycles. The third-order valence-corrected chi connectivity index (χ3v) is 1.69.